The van der Waals surface area contributed by atoms with E-state index in [1.165, 1.54) is 18.2 Å². The molecule has 0 atom stereocenters. The monoisotopic (exact) mass is 152 g/mol. The lowest BCUT2D eigenvalue weighted by molar-refractivity contribution is -0.112. The number of amides is 1. The summed E-state index contributed by atoms with van der Waals surface area (Å²) < 4.78 is 12.4. The van der Waals surface area contributed by atoms with Crippen LogP contribution in [-0.2, 0) is 4.79 Å². The zero-order valence-electron chi connectivity index (χ0n) is 5.80. The highest BCUT2D eigenvalue weighted by atomic mass is 19.1. The molecule has 0 spiro atoms. The third-order valence-corrected chi connectivity index (χ3v) is 1.11. The van der Waals surface area contributed by atoms with Crippen LogP contribution in [0.1, 0.15) is 0 Å². The maximum Gasteiger partial charge on any atom is 0.224 e. The van der Waals surface area contributed by atoms with Crippen LogP contribution >= 0.6 is 0 Å². The molecule has 1 rings (SSSR count). The number of anilines is 1. The Hall–Kier alpha value is -1.38. The van der Waals surface area contributed by atoms with Crippen LogP contribution in [0.3, 0.4) is 0 Å². The summed E-state index contributed by atoms with van der Waals surface area (Å²) in [6.45, 7) is 3.09. The molecule has 0 unspecified atom stereocenters. The van der Waals surface area contributed by atoms with Gasteiger partial charge in [-0.2, -0.15) is 0 Å². The van der Waals surface area contributed by atoms with Crippen molar-refractivity contribution < 1.29 is 9.18 Å². The molecule has 1 amide bonds. The van der Waals surface area contributed by atoms with E-state index >= 15 is 0 Å². The minimum atomic E-state index is -0.449. The fraction of sp³-hybridized carbons (Fsp3) is 0. The highest BCUT2D eigenvalue weighted by Crippen LogP contribution is 2.08. The first-order chi connectivity index (χ1) is 5.18. The molecule has 1 N–H and O–H groups in total. The second-order valence-electron chi connectivity index (χ2n) is 2.06. The van der Waals surface area contributed by atoms with Gasteiger partial charge >= 0.3 is 0 Å². The van der Waals surface area contributed by atoms with Gasteiger partial charge in [0.1, 0.15) is 5.82 Å². The van der Waals surface area contributed by atoms with Gasteiger partial charge in [0.15, 0.2) is 0 Å². The fourth-order valence-electron chi connectivity index (χ4n) is 0.727. The molecule has 0 aromatic heterocycles. The van der Waals surface area contributed by atoms with Gasteiger partial charge in [-0.3, -0.25) is 4.79 Å². The highest BCUT2D eigenvalue weighted by Gasteiger charge is 1.95. The molecule has 11 heavy (non-hydrogen) atoms. The van der Waals surface area contributed by atoms with Crippen molar-refractivity contribution in [1.29, 1.82) is 0 Å². The van der Waals surface area contributed by atoms with Crippen molar-refractivity contribution in [3.63, 3.8) is 0 Å². The quantitative estimate of drug-likeness (QED) is 0.650. The van der Waals surface area contributed by atoms with Crippen LogP contribution in [0.2, 0.25) is 0 Å². The van der Waals surface area contributed by atoms with Crippen LogP contribution < -0.4 is 5.32 Å². The number of benzene rings is 1. The smallest absolute Gasteiger partial charge is 0.224 e. The minimum absolute atomic E-state index is 0.378. The molecule has 0 saturated carbocycles. The molecular weight excluding hydrogens is 145 g/mol. The molecule has 57 valence electrons. The Morgan fingerprint density at radius 2 is 2.27 bits per heavy atom. The van der Waals surface area contributed by atoms with E-state index in [9.17, 15) is 9.18 Å². The third-order valence-electron chi connectivity index (χ3n) is 1.11. The summed E-state index contributed by atoms with van der Waals surface area (Å²) in [4.78, 5) is 10.4. The molecule has 0 aliphatic rings. The average Bonchev–Trinajstić information content (AvgIpc) is 1.85. The normalized spacial score (nSPS) is 9.27. The summed E-state index contributed by atoms with van der Waals surface area (Å²) in [5, 5.41) is 2.36. The van der Waals surface area contributed by atoms with E-state index < -0.39 is 5.91 Å². The summed E-state index contributed by atoms with van der Waals surface area (Å²) in [6.07, 6.45) is 0. The molecule has 0 aliphatic carbocycles. The van der Waals surface area contributed by atoms with Gasteiger partial charge in [-0.25, -0.2) is 4.39 Å². The zero-order valence-corrected chi connectivity index (χ0v) is 5.80. The van der Waals surface area contributed by atoms with Crippen LogP contribution in [0.4, 0.5) is 10.1 Å². The summed E-state index contributed by atoms with van der Waals surface area (Å²) >= 11 is 0. The second kappa shape index (κ2) is 3.14. The Kier molecular flexibility index (Phi) is 2.21. The van der Waals surface area contributed by atoms with Gasteiger partial charge in [0.25, 0.3) is 0 Å². The van der Waals surface area contributed by atoms with E-state index in [0.717, 1.165) is 0 Å². The predicted molar refractivity (Wildman–Crippen MR) is 40.4 cm³/mol. The topological polar surface area (TPSA) is 29.1 Å². The number of hydrogen-bond donors (Lipinski definition) is 1. The Balaban J connectivity index is 2.79. The molecule has 1 aromatic carbocycles. The largest absolute Gasteiger partial charge is 0.326 e. The van der Waals surface area contributed by atoms with Crippen LogP contribution in [-0.4, -0.2) is 5.91 Å². The number of hydrogen-bond acceptors (Lipinski definition) is 1. The van der Waals surface area contributed by atoms with E-state index in [4.69, 9.17) is 0 Å². The molecule has 0 aliphatic heterocycles. The third kappa shape index (κ3) is 2.37. The lowest BCUT2D eigenvalue weighted by atomic mass is 10.3. The lowest BCUT2D eigenvalue weighted by Crippen LogP contribution is -2.05. The van der Waals surface area contributed by atoms with Gasteiger partial charge in [-0.05, 0) is 18.2 Å². The van der Waals surface area contributed by atoms with Crippen LogP contribution in [0.25, 0.3) is 0 Å². The van der Waals surface area contributed by atoms with Crippen molar-refractivity contribution in [3.05, 3.63) is 37.0 Å². The number of rotatable bonds is 1. The molecule has 1 aromatic rings. The average molecular weight is 152 g/mol. The number of carbonyl (C=O) groups excluding carboxylic acids is 1. The van der Waals surface area contributed by atoms with Gasteiger partial charge < -0.3 is 5.32 Å². The fourth-order valence-corrected chi connectivity index (χ4v) is 0.727. The Bertz CT molecular complexity index is 273. The maximum absolute atomic E-state index is 12.4. The molecule has 3 heteroatoms. The van der Waals surface area contributed by atoms with Crippen molar-refractivity contribution in [3.8, 4) is 0 Å². The molecule has 0 bridgehead atoms. The van der Waals surface area contributed by atoms with Gasteiger partial charge in [0, 0.05) is 12.6 Å². The standard InChI is InChI=1S/C8H7FNO/c1-6(11)10-8-4-2-3-7(9)5-8/h2-5H,1H2,(H,10,11). The Labute approximate surface area is 64.0 Å². The summed E-state index contributed by atoms with van der Waals surface area (Å²) in [5.41, 5.74) is 0.421. The van der Waals surface area contributed by atoms with Crippen LogP contribution in [0, 0.1) is 12.7 Å². The Morgan fingerprint density at radius 3 is 2.82 bits per heavy atom. The highest BCUT2D eigenvalue weighted by molar-refractivity contribution is 5.93. The number of halogens is 1. The SMILES string of the molecule is [CH2]C(=O)Nc1cccc(F)c1. The molecule has 0 saturated heterocycles. The van der Waals surface area contributed by atoms with Crippen molar-refractivity contribution in [2.75, 3.05) is 5.32 Å². The zero-order chi connectivity index (χ0) is 8.27. The molecular formula is C8H7FNO. The van der Waals surface area contributed by atoms with Gasteiger partial charge in [0.2, 0.25) is 5.91 Å². The van der Waals surface area contributed by atoms with Crippen molar-refractivity contribution in [2.45, 2.75) is 0 Å². The van der Waals surface area contributed by atoms with Gasteiger partial charge in [0.05, 0.1) is 0 Å². The first kappa shape index (κ1) is 7.72. The first-order valence-corrected chi connectivity index (χ1v) is 3.07. The predicted octanol–water partition coefficient (Wildman–Crippen LogP) is 1.60. The van der Waals surface area contributed by atoms with E-state index in [1.807, 2.05) is 0 Å². The van der Waals surface area contributed by atoms with Gasteiger partial charge in [-0.15, -0.1) is 0 Å². The minimum Gasteiger partial charge on any atom is -0.326 e. The summed E-state index contributed by atoms with van der Waals surface area (Å²) in [5.74, 6) is -0.827. The maximum atomic E-state index is 12.4. The second-order valence-corrected chi connectivity index (χ2v) is 2.06. The van der Waals surface area contributed by atoms with E-state index in [0.29, 0.717) is 5.69 Å². The molecule has 1 radical (unpaired) electrons. The van der Waals surface area contributed by atoms with E-state index in [-0.39, 0.29) is 5.82 Å². The Morgan fingerprint density at radius 1 is 1.55 bits per heavy atom. The van der Waals surface area contributed by atoms with Gasteiger partial charge in [-0.1, -0.05) is 6.07 Å². The van der Waals surface area contributed by atoms with Crippen LogP contribution in [0.15, 0.2) is 24.3 Å². The molecule has 0 heterocycles. The van der Waals surface area contributed by atoms with Crippen molar-refractivity contribution in [2.24, 2.45) is 0 Å². The molecule has 0 fully saturated rings. The lowest BCUT2D eigenvalue weighted by Gasteiger charge is -1.99. The summed E-state index contributed by atoms with van der Waals surface area (Å²) in [7, 11) is 0. The number of nitrogens with one attached hydrogen (secondary N) is 1. The number of carbonyl (C=O) groups is 1. The van der Waals surface area contributed by atoms with E-state index in [1.54, 1.807) is 6.07 Å². The van der Waals surface area contributed by atoms with Crippen molar-refractivity contribution >= 4 is 11.6 Å². The van der Waals surface area contributed by atoms with Crippen molar-refractivity contribution in [1.82, 2.24) is 0 Å². The summed E-state index contributed by atoms with van der Waals surface area (Å²) in [6, 6.07) is 5.63. The molecule has 2 nitrogen and oxygen atoms in total. The van der Waals surface area contributed by atoms with Crippen LogP contribution in [0.5, 0.6) is 0 Å². The first-order valence-electron chi connectivity index (χ1n) is 3.07. The van der Waals surface area contributed by atoms with E-state index in [2.05, 4.69) is 12.2 Å².